The molecule has 0 radical (unpaired) electrons. The Labute approximate surface area is 102 Å². The molecule has 1 aromatic rings. The molecule has 0 atom stereocenters. The van der Waals surface area contributed by atoms with Crippen molar-refractivity contribution < 1.29 is 26.3 Å². The number of ether oxygens (including phenoxy) is 1. The van der Waals surface area contributed by atoms with Crippen LogP contribution in [0.2, 0.25) is 0 Å². The molecule has 2 rings (SSSR count). The average Bonchev–Trinajstić information content (AvgIpc) is 2.98. The first-order valence-electron chi connectivity index (χ1n) is 5.08. The Kier molecular flexibility index (Phi) is 3.02. The molecule has 1 aliphatic rings. The predicted octanol–water partition coefficient (Wildman–Crippen LogP) is 1.89. The standard InChI is InChI=1S/C10H10F3NO3S/c11-10(12,13)8-4-3-7(17-6-1-2-6)5-9(8)18(14,15)16/h3-6H,1-2H2,(H2,14,15,16). The molecule has 1 aliphatic carbocycles. The van der Waals surface area contributed by atoms with Crippen LogP contribution in [0.5, 0.6) is 5.75 Å². The van der Waals surface area contributed by atoms with Crippen molar-refractivity contribution in [1.29, 1.82) is 0 Å². The van der Waals surface area contributed by atoms with Gasteiger partial charge in [0.1, 0.15) is 5.75 Å². The summed E-state index contributed by atoms with van der Waals surface area (Å²) < 4.78 is 65.5. The monoisotopic (exact) mass is 281 g/mol. The minimum absolute atomic E-state index is 0.0462. The Bertz CT molecular complexity index is 564. The van der Waals surface area contributed by atoms with E-state index in [0.717, 1.165) is 25.0 Å². The highest BCUT2D eigenvalue weighted by Gasteiger charge is 2.37. The Hall–Kier alpha value is -1.28. The third kappa shape index (κ3) is 2.94. The third-order valence-electron chi connectivity index (χ3n) is 2.39. The van der Waals surface area contributed by atoms with Gasteiger partial charge in [-0.1, -0.05) is 0 Å². The maximum Gasteiger partial charge on any atom is 0.417 e. The lowest BCUT2D eigenvalue weighted by Crippen LogP contribution is -2.19. The van der Waals surface area contributed by atoms with Gasteiger partial charge in [0.05, 0.1) is 16.6 Å². The van der Waals surface area contributed by atoms with Crippen molar-refractivity contribution in [3.63, 3.8) is 0 Å². The number of sulfonamides is 1. The summed E-state index contributed by atoms with van der Waals surface area (Å²) in [7, 11) is -4.45. The highest BCUT2D eigenvalue weighted by molar-refractivity contribution is 7.89. The van der Waals surface area contributed by atoms with Gasteiger partial charge in [-0.3, -0.25) is 0 Å². The van der Waals surface area contributed by atoms with Crippen LogP contribution in [0.25, 0.3) is 0 Å². The smallest absolute Gasteiger partial charge is 0.417 e. The molecule has 0 aromatic heterocycles. The van der Waals surface area contributed by atoms with Gasteiger partial charge >= 0.3 is 6.18 Å². The Morgan fingerprint density at radius 3 is 2.33 bits per heavy atom. The average molecular weight is 281 g/mol. The van der Waals surface area contributed by atoms with Crippen molar-refractivity contribution >= 4 is 10.0 Å². The van der Waals surface area contributed by atoms with Gasteiger partial charge in [-0.25, -0.2) is 13.6 Å². The van der Waals surface area contributed by atoms with Crippen LogP contribution in [-0.4, -0.2) is 14.5 Å². The molecular formula is C10H10F3NO3S. The van der Waals surface area contributed by atoms with Gasteiger partial charge in [-0.2, -0.15) is 13.2 Å². The van der Waals surface area contributed by atoms with Crippen LogP contribution in [-0.2, 0) is 16.2 Å². The molecule has 2 N–H and O–H groups in total. The molecule has 1 aromatic carbocycles. The van der Waals surface area contributed by atoms with Crippen molar-refractivity contribution in [3.8, 4) is 5.75 Å². The second kappa shape index (κ2) is 4.13. The molecule has 4 nitrogen and oxygen atoms in total. The number of alkyl halides is 3. The van der Waals surface area contributed by atoms with E-state index in [2.05, 4.69) is 0 Å². The summed E-state index contributed by atoms with van der Waals surface area (Å²) in [6.45, 7) is 0. The van der Waals surface area contributed by atoms with Crippen molar-refractivity contribution in [2.24, 2.45) is 5.14 Å². The molecule has 0 bridgehead atoms. The number of primary sulfonamides is 1. The first-order chi connectivity index (χ1) is 8.18. The molecule has 18 heavy (non-hydrogen) atoms. The molecule has 1 fully saturated rings. The van der Waals surface area contributed by atoms with E-state index in [0.29, 0.717) is 6.07 Å². The molecule has 0 amide bonds. The highest BCUT2D eigenvalue weighted by Crippen LogP contribution is 2.36. The van der Waals surface area contributed by atoms with E-state index < -0.39 is 26.7 Å². The van der Waals surface area contributed by atoms with Crippen LogP contribution >= 0.6 is 0 Å². The molecule has 0 heterocycles. The summed E-state index contributed by atoms with van der Waals surface area (Å²) in [5, 5.41) is 4.79. The van der Waals surface area contributed by atoms with Gasteiger partial charge in [0.25, 0.3) is 0 Å². The zero-order chi connectivity index (χ0) is 13.6. The van der Waals surface area contributed by atoms with Gasteiger partial charge in [-0.05, 0) is 25.0 Å². The quantitative estimate of drug-likeness (QED) is 0.919. The second-order valence-electron chi connectivity index (χ2n) is 4.02. The molecule has 0 unspecified atom stereocenters. The number of nitrogens with two attached hydrogens (primary N) is 1. The van der Waals surface area contributed by atoms with E-state index in [1.54, 1.807) is 0 Å². The van der Waals surface area contributed by atoms with Crippen LogP contribution in [0.3, 0.4) is 0 Å². The van der Waals surface area contributed by atoms with Gasteiger partial charge in [0.2, 0.25) is 10.0 Å². The van der Waals surface area contributed by atoms with E-state index >= 15 is 0 Å². The van der Waals surface area contributed by atoms with Crippen molar-refractivity contribution in [2.45, 2.75) is 30.0 Å². The maximum absolute atomic E-state index is 12.6. The zero-order valence-corrected chi connectivity index (χ0v) is 9.88. The van der Waals surface area contributed by atoms with Crippen LogP contribution in [0.4, 0.5) is 13.2 Å². The fourth-order valence-electron chi connectivity index (χ4n) is 1.42. The van der Waals surface area contributed by atoms with Crippen molar-refractivity contribution in [3.05, 3.63) is 23.8 Å². The SMILES string of the molecule is NS(=O)(=O)c1cc(OC2CC2)ccc1C(F)(F)F. The number of hydrogen-bond donors (Lipinski definition) is 1. The lowest BCUT2D eigenvalue weighted by Gasteiger charge is -2.13. The second-order valence-corrected chi connectivity index (χ2v) is 5.55. The molecule has 0 spiro atoms. The minimum Gasteiger partial charge on any atom is -0.490 e. The van der Waals surface area contributed by atoms with Crippen molar-refractivity contribution in [1.82, 2.24) is 0 Å². The summed E-state index contributed by atoms with van der Waals surface area (Å²) in [5.41, 5.74) is -1.28. The number of benzene rings is 1. The van der Waals surface area contributed by atoms with E-state index in [4.69, 9.17) is 9.88 Å². The number of hydrogen-bond acceptors (Lipinski definition) is 3. The first kappa shape index (κ1) is 13.2. The molecular weight excluding hydrogens is 271 g/mol. The zero-order valence-electron chi connectivity index (χ0n) is 9.07. The summed E-state index contributed by atoms with van der Waals surface area (Å²) in [6, 6.07) is 2.57. The fraction of sp³-hybridized carbons (Fsp3) is 0.400. The highest BCUT2D eigenvalue weighted by atomic mass is 32.2. The largest absolute Gasteiger partial charge is 0.490 e. The molecule has 0 aliphatic heterocycles. The normalized spacial score (nSPS) is 16.7. The Morgan fingerprint density at radius 2 is 1.89 bits per heavy atom. The van der Waals surface area contributed by atoms with Gasteiger partial charge in [-0.15, -0.1) is 0 Å². The van der Waals surface area contributed by atoms with Crippen LogP contribution in [0.15, 0.2) is 23.1 Å². The van der Waals surface area contributed by atoms with Gasteiger partial charge in [0, 0.05) is 6.07 Å². The van der Waals surface area contributed by atoms with E-state index in [9.17, 15) is 21.6 Å². The first-order valence-corrected chi connectivity index (χ1v) is 6.63. The van der Waals surface area contributed by atoms with Gasteiger partial charge in [0.15, 0.2) is 0 Å². The molecule has 100 valence electrons. The predicted molar refractivity (Wildman–Crippen MR) is 56.5 cm³/mol. The number of halogens is 3. The fourth-order valence-corrected chi connectivity index (χ4v) is 2.19. The summed E-state index contributed by atoms with van der Waals surface area (Å²) in [5.74, 6) is 0.0783. The third-order valence-corrected chi connectivity index (χ3v) is 3.34. The summed E-state index contributed by atoms with van der Waals surface area (Å²) in [4.78, 5) is -0.965. The van der Waals surface area contributed by atoms with Crippen molar-refractivity contribution in [2.75, 3.05) is 0 Å². The molecule has 1 saturated carbocycles. The minimum atomic E-state index is -4.78. The lowest BCUT2D eigenvalue weighted by atomic mass is 10.2. The number of rotatable bonds is 3. The van der Waals surface area contributed by atoms with E-state index in [-0.39, 0.29) is 11.9 Å². The van der Waals surface area contributed by atoms with E-state index in [1.807, 2.05) is 0 Å². The molecule has 8 heteroatoms. The summed E-state index contributed by atoms with van der Waals surface area (Å²) in [6.07, 6.45) is -3.20. The Morgan fingerprint density at radius 1 is 1.28 bits per heavy atom. The lowest BCUT2D eigenvalue weighted by molar-refractivity contribution is -0.139. The maximum atomic E-state index is 12.6. The van der Waals surface area contributed by atoms with Crippen LogP contribution in [0, 0.1) is 0 Å². The topological polar surface area (TPSA) is 69.4 Å². The Balaban J connectivity index is 2.48. The van der Waals surface area contributed by atoms with Crippen LogP contribution < -0.4 is 9.88 Å². The molecule has 0 saturated heterocycles. The summed E-state index contributed by atoms with van der Waals surface area (Å²) >= 11 is 0. The van der Waals surface area contributed by atoms with Crippen LogP contribution in [0.1, 0.15) is 18.4 Å². The van der Waals surface area contributed by atoms with Gasteiger partial charge < -0.3 is 4.74 Å². The van der Waals surface area contributed by atoms with E-state index in [1.165, 1.54) is 0 Å².